The maximum Gasteiger partial charge on any atom is 0.0998 e. The highest BCUT2D eigenvalue weighted by molar-refractivity contribution is 6.09. The minimum Gasteiger partial charge on any atom is -0.310 e. The number of hydrogen-bond acceptors (Lipinski definition) is 3. The second-order valence-electron chi connectivity index (χ2n) is 13.7. The van der Waals surface area contributed by atoms with Gasteiger partial charge in [0.05, 0.1) is 45.7 Å². The lowest BCUT2D eigenvalue weighted by atomic mass is 9.73. The standard InChI is InChI=1S/C47H32N4/c1-47(2)41-16-5-9-20-45(41)51(46-21-10-6-17-42(46)47)37-27-34(32-12-11-13-33(25-32)38-23-22-31(29-48)24-35(38)30-49)26-36(28-37)50-43-18-7-3-14-39(43)40-15-4-8-19-44(40)50/h3-28H,1-2H3. The predicted molar refractivity (Wildman–Crippen MR) is 208 cm³/mol. The van der Waals surface area contributed by atoms with Crippen molar-refractivity contribution in [3.05, 3.63) is 180 Å². The molecule has 0 aliphatic carbocycles. The number of benzene rings is 7. The van der Waals surface area contributed by atoms with Crippen molar-refractivity contribution in [2.45, 2.75) is 19.3 Å². The van der Waals surface area contributed by atoms with Crippen molar-refractivity contribution in [1.29, 1.82) is 10.5 Å². The molecule has 1 aliphatic rings. The van der Waals surface area contributed by atoms with Gasteiger partial charge in [0.15, 0.2) is 0 Å². The second-order valence-corrected chi connectivity index (χ2v) is 13.7. The summed E-state index contributed by atoms with van der Waals surface area (Å²) in [4.78, 5) is 2.41. The van der Waals surface area contributed by atoms with Crippen LogP contribution in [0.2, 0.25) is 0 Å². The van der Waals surface area contributed by atoms with Crippen molar-refractivity contribution in [3.8, 4) is 40.1 Å². The number of hydrogen-bond donors (Lipinski definition) is 0. The minimum atomic E-state index is -0.176. The molecule has 1 aliphatic heterocycles. The molecule has 51 heavy (non-hydrogen) atoms. The first kappa shape index (κ1) is 30.2. The summed E-state index contributed by atoms with van der Waals surface area (Å²) >= 11 is 0. The molecule has 9 rings (SSSR count). The minimum absolute atomic E-state index is 0.176. The van der Waals surface area contributed by atoms with Gasteiger partial charge < -0.3 is 9.47 Å². The molecule has 0 fully saturated rings. The number of nitriles is 2. The van der Waals surface area contributed by atoms with Crippen molar-refractivity contribution >= 4 is 38.9 Å². The van der Waals surface area contributed by atoms with Crippen LogP contribution in [0.1, 0.15) is 36.1 Å². The van der Waals surface area contributed by atoms with Gasteiger partial charge in [-0.25, -0.2) is 0 Å². The molecule has 0 amide bonds. The van der Waals surface area contributed by atoms with Crippen molar-refractivity contribution in [3.63, 3.8) is 0 Å². The van der Waals surface area contributed by atoms with E-state index in [2.05, 4.69) is 163 Å². The quantitative estimate of drug-likeness (QED) is 0.190. The van der Waals surface area contributed by atoms with Gasteiger partial charge in [0.25, 0.3) is 0 Å². The van der Waals surface area contributed by atoms with Gasteiger partial charge in [-0.2, -0.15) is 10.5 Å². The molecule has 0 spiro atoms. The predicted octanol–water partition coefficient (Wildman–Crippen LogP) is 12.0. The highest BCUT2D eigenvalue weighted by Gasteiger charge is 2.36. The molecule has 4 heteroatoms. The van der Waals surface area contributed by atoms with Gasteiger partial charge in [0.1, 0.15) is 0 Å². The van der Waals surface area contributed by atoms with E-state index in [0.29, 0.717) is 11.1 Å². The summed E-state index contributed by atoms with van der Waals surface area (Å²) in [6.07, 6.45) is 0. The maximum atomic E-state index is 10.0. The SMILES string of the molecule is CC1(C)c2ccccc2N(c2cc(-c3cccc(-c4ccc(C#N)cc4C#N)c3)cc(-n3c4ccccc4c4ccccc43)c2)c2ccccc21. The third kappa shape index (κ3) is 4.73. The first-order valence-electron chi connectivity index (χ1n) is 17.1. The van der Waals surface area contributed by atoms with Crippen molar-refractivity contribution < 1.29 is 0 Å². The van der Waals surface area contributed by atoms with Crippen LogP contribution < -0.4 is 4.90 Å². The lowest BCUT2D eigenvalue weighted by Crippen LogP contribution is -2.30. The molecule has 0 unspecified atom stereocenters. The summed E-state index contributed by atoms with van der Waals surface area (Å²) in [5.41, 5.74) is 13.9. The smallest absolute Gasteiger partial charge is 0.0998 e. The normalized spacial score (nSPS) is 13.0. The first-order chi connectivity index (χ1) is 25.0. The largest absolute Gasteiger partial charge is 0.310 e. The highest BCUT2D eigenvalue weighted by Crippen LogP contribution is 2.52. The molecule has 0 saturated heterocycles. The Morgan fingerprint density at radius 1 is 0.490 bits per heavy atom. The Morgan fingerprint density at radius 3 is 1.73 bits per heavy atom. The Hall–Kier alpha value is -6.88. The van der Waals surface area contributed by atoms with Crippen molar-refractivity contribution in [2.75, 3.05) is 4.90 Å². The molecule has 1 aromatic heterocycles. The average molecular weight is 653 g/mol. The molecule has 0 radical (unpaired) electrons. The van der Waals surface area contributed by atoms with E-state index >= 15 is 0 Å². The summed E-state index contributed by atoms with van der Waals surface area (Å²) in [7, 11) is 0. The summed E-state index contributed by atoms with van der Waals surface area (Å²) in [6.45, 7) is 4.62. The lowest BCUT2D eigenvalue weighted by molar-refractivity contribution is 0.632. The molecule has 4 nitrogen and oxygen atoms in total. The zero-order valence-electron chi connectivity index (χ0n) is 28.3. The van der Waals surface area contributed by atoms with E-state index in [1.807, 2.05) is 18.2 Å². The van der Waals surface area contributed by atoms with E-state index < -0.39 is 0 Å². The van der Waals surface area contributed by atoms with Gasteiger partial charge in [0.2, 0.25) is 0 Å². The van der Waals surface area contributed by atoms with E-state index in [-0.39, 0.29) is 5.41 Å². The number of aromatic nitrogens is 1. The molecule has 0 N–H and O–H groups in total. The van der Waals surface area contributed by atoms with E-state index in [9.17, 15) is 10.5 Å². The summed E-state index contributed by atoms with van der Waals surface area (Å²) in [5.74, 6) is 0. The van der Waals surface area contributed by atoms with Crippen LogP contribution in [0.15, 0.2) is 158 Å². The molecule has 0 atom stereocenters. The number of fused-ring (bicyclic) bond motifs is 5. The van der Waals surface area contributed by atoms with Crippen molar-refractivity contribution in [1.82, 2.24) is 4.57 Å². The summed E-state index contributed by atoms with van der Waals surface area (Å²) < 4.78 is 2.38. The average Bonchev–Trinajstić information content (AvgIpc) is 3.52. The van der Waals surface area contributed by atoms with Crippen LogP contribution in [0.25, 0.3) is 49.7 Å². The van der Waals surface area contributed by atoms with E-state index in [0.717, 1.165) is 56.0 Å². The van der Waals surface area contributed by atoms with Crippen LogP contribution in [-0.4, -0.2) is 4.57 Å². The Morgan fingerprint density at radius 2 is 1.08 bits per heavy atom. The molecule has 0 saturated carbocycles. The molecular formula is C47H32N4. The fraction of sp³-hybridized carbons (Fsp3) is 0.0638. The number of nitrogens with zero attached hydrogens (tertiary/aromatic N) is 4. The Balaban J connectivity index is 1.33. The van der Waals surface area contributed by atoms with E-state index in [1.54, 1.807) is 12.1 Å². The van der Waals surface area contributed by atoms with E-state index in [1.165, 1.54) is 21.9 Å². The third-order valence-corrected chi connectivity index (χ3v) is 10.4. The van der Waals surface area contributed by atoms with Gasteiger partial charge in [-0.05, 0) is 94.0 Å². The fourth-order valence-electron chi connectivity index (χ4n) is 7.99. The zero-order valence-corrected chi connectivity index (χ0v) is 28.3. The molecular weight excluding hydrogens is 621 g/mol. The number of rotatable bonds is 4. The molecule has 2 heterocycles. The third-order valence-electron chi connectivity index (χ3n) is 10.4. The topological polar surface area (TPSA) is 55.8 Å². The first-order valence-corrected chi connectivity index (χ1v) is 17.1. The van der Waals surface area contributed by atoms with E-state index in [4.69, 9.17) is 0 Å². The Labute approximate surface area is 297 Å². The van der Waals surface area contributed by atoms with Gasteiger partial charge in [-0.15, -0.1) is 0 Å². The van der Waals surface area contributed by atoms with Gasteiger partial charge in [-0.1, -0.05) is 111 Å². The monoisotopic (exact) mass is 652 g/mol. The fourth-order valence-corrected chi connectivity index (χ4v) is 7.99. The second kappa shape index (κ2) is 11.6. The summed E-state index contributed by atoms with van der Waals surface area (Å²) in [6, 6.07) is 59.7. The molecule has 8 aromatic rings. The van der Waals surface area contributed by atoms with Crippen LogP contribution in [0.4, 0.5) is 17.1 Å². The van der Waals surface area contributed by atoms with Crippen LogP contribution in [0, 0.1) is 22.7 Å². The molecule has 0 bridgehead atoms. The maximum absolute atomic E-state index is 10.0. The molecule has 240 valence electrons. The Kier molecular flexibility index (Phi) is 6.88. The Bertz CT molecular complexity index is 2670. The van der Waals surface area contributed by atoms with Gasteiger partial charge in [-0.3, -0.25) is 0 Å². The van der Waals surface area contributed by atoms with Crippen LogP contribution >= 0.6 is 0 Å². The van der Waals surface area contributed by atoms with Crippen molar-refractivity contribution in [2.24, 2.45) is 0 Å². The zero-order chi connectivity index (χ0) is 34.7. The van der Waals surface area contributed by atoms with Crippen LogP contribution in [-0.2, 0) is 5.41 Å². The lowest BCUT2D eigenvalue weighted by Gasteiger charge is -2.42. The van der Waals surface area contributed by atoms with Crippen LogP contribution in [0.3, 0.4) is 0 Å². The molecule has 7 aromatic carbocycles. The van der Waals surface area contributed by atoms with Crippen LogP contribution in [0.5, 0.6) is 0 Å². The van der Waals surface area contributed by atoms with Gasteiger partial charge >= 0.3 is 0 Å². The number of para-hydroxylation sites is 4. The number of anilines is 3. The summed E-state index contributed by atoms with van der Waals surface area (Å²) in [5, 5.41) is 21.9. The highest BCUT2D eigenvalue weighted by atomic mass is 15.2. The van der Waals surface area contributed by atoms with Gasteiger partial charge in [0, 0.05) is 27.6 Å².